The van der Waals surface area contributed by atoms with Crippen LogP contribution < -0.4 is 10.1 Å². The zero-order valence-electron chi connectivity index (χ0n) is 14.1. The van der Waals surface area contributed by atoms with Gasteiger partial charge >= 0.3 is 0 Å². The number of halogens is 2. The molecular weight excluding hydrogens is 345 g/mol. The smallest absolute Gasteiger partial charge is 0.119 e. The predicted octanol–water partition coefficient (Wildman–Crippen LogP) is 3.77. The van der Waals surface area contributed by atoms with Crippen LogP contribution in [0.15, 0.2) is 24.4 Å². The van der Waals surface area contributed by atoms with Crippen LogP contribution in [0.3, 0.4) is 0 Å². The van der Waals surface area contributed by atoms with E-state index in [4.69, 9.17) is 4.74 Å². The molecule has 2 aliphatic rings. The highest BCUT2D eigenvalue weighted by molar-refractivity contribution is 5.86. The van der Waals surface area contributed by atoms with Crippen molar-refractivity contribution in [2.75, 3.05) is 33.3 Å². The van der Waals surface area contributed by atoms with E-state index in [1.807, 2.05) is 6.07 Å². The van der Waals surface area contributed by atoms with Crippen molar-refractivity contribution in [3.8, 4) is 5.75 Å². The van der Waals surface area contributed by atoms with Gasteiger partial charge in [0.15, 0.2) is 0 Å². The second kappa shape index (κ2) is 8.43. The SMILES string of the molecule is COc1ccc2[nH]cc([C@H](C3CCC3)N3CCNCC3)c2c1.Cl.Cl. The van der Waals surface area contributed by atoms with Crippen molar-refractivity contribution in [3.63, 3.8) is 0 Å². The number of piperazine rings is 1. The van der Waals surface area contributed by atoms with Crippen molar-refractivity contribution in [2.45, 2.75) is 25.3 Å². The Morgan fingerprint density at radius 1 is 1.17 bits per heavy atom. The van der Waals surface area contributed by atoms with E-state index in [9.17, 15) is 0 Å². The molecule has 24 heavy (non-hydrogen) atoms. The lowest BCUT2D eigenvalue weighted by Gasteiger charge is -2.43. The van der Waals surface area contributed by atoms with E-state index in [0.717, 1.165) is 37.8 Å². The Kier molecular flexibility index (Phi) is 6.81. The summed E-state index contributed by atoms with van der Waals surface area (Å²) < 4.78 is 5.44. The molecule has 2 N–H and O–H groups in total. The van der Waals surface area contributed by atoms with Gasteiger partial charge in [0.05, 0.1) is 7.11 Å². The van der Waals surface area contributed by atoms with Gasteiger partial charge in [-0.2, -0.15) is 0 Å². The molecule has 1 atom stereocenters. The molecule has 2 aromatic rings. The minimum Gasteiger partial charge on any atom is -0.497 e. The zero-order chi connectivity index (χ0) is 14.9. The van der Waals surface area contributed by atoms with Gasteiger partial charge in [-0.05, 0) is 42.5 Å². The molecule has 1 aliphatic heterocycles. The summed E-state index contributed by atoms with van der Waals surface area (Å²) in [4.78, 5) is 6.15. The Labute approximate surface area is 156 Å². The number of rotatable bonds is 4. The van der Waals surface area contributed by atoms with Crippen LogP contribution >= 0.6 is 24.8 Å². The predicted molar refractivity (Wildman–Crippen MR) is 104 cm³/mol. The number of benzene rings is 1. The van der Waals surface area contributed by atoms with Gasteiger partial charge < -0.3 is 15.0 Å². The molecule has 1 saturated heterocycles. The number of hydrogen-bond donors (Lipinski definition) is 2. The molecule has 0 radical (unpaired) electrons. The number of aromatic nitrogens is 1. The lowest BCUT2D eigenvalue weighted by atomic mass is 9.76. The molecule has 0 amide bonds. The second-order valence-corrected chi connectivity index (χ2v) is 6.58. The zero-order valence-corrected chi connectivity index (χ0v) is 15.7. The lowest BCUT2D eigenvalue weighted by molar-refractivity contribution is 0.0846. The number of hydrogen-bond acceptors (Lipinski definition) is 3. The van der Waals surface area contributed by atoms with Crippen LogP contribution in [-0.4, -0.2) is 43.2 Å². The molecule has 1 aromatic carbocycles. The quantitative estimate of drug-likeness (QED) is 0.859. The molecule has 134 valence electrons. The van der Waals surface area contributed by atoms with E-state index in [1.165, 1.54) is 35.7 Å². The lowest BCUT2D eigenvalue weighted by Crippen LogP contribution is -2.47. The van der Waals surface area contributed by atoms with Crippen LogP contribution in [0.5, 0.6) is 5.75 Å². The van der Waals surface area contributed by atoms with E-state index in [1.54, 1.807) is 7.11 Å². The number of ether oxygens (including phenoxy) is 1. The first-order valence-electron chi connectivity index (χ1n) is 8.46. The van der Waals surface area contributed by atoms with Crippen molar-refractivity contribution in [1.82, 2.24) is 15.2 Å². The van der Waals surface area contributed by atoms with E-state index in [0.29, 0.717) is 6.04 Å². The Bertz CT molecular complexity index is 651. The molecule has 4 rings (SSSR count). The molecule has 2 fully saturated rings. The molecule has 0 spiro atoms. The molecule has 2 heterocycles. The second-order valence-electron chi connectivity index (χ2n) is 6.58. The monoisotopic (exact) mass is 371 g/mol. The van der Waals surface area contributed by atoms with E-state index in [2.05, 4.69) is 33.5 Å². The molecular formula is C18H27Cl2N3O. The van der Waals surface area contributed by atoms with Crippen molar-refractivity contribution in [2.24, 2.45) is 5.92 Å². The standard InChI is InChI=1S/C18H25N3O.2ClH/c1-22-14-5-6-17-15(11-14)16(12-20-17)18(13-3-2-4-13)21-9-7-19-8-10-21;;/h5-6,11-13,18-20H,2-4,7-10H2,1H3;2*1H/t18-;;/m0../s1. The molecule has 1 saturated carbocycles. The average molecular weight is 372 g/mol. The van der Waals surface area contributed by atoms with Crippen molar-refractivity contribution in [1.29, 1.82) is 0 Å². The van der Waals surface area contributed by atoms with Gasteiger partial charge in [-0.1, -0.05) is 6.42 Å². The van der Waals surface area contributed by atoms with E-state index < -0.39 is 0 Å². The third kappa shape index (κ3) is 3.52. The molecule has 1 aliphatic carbocycles. The molecule has 4 nitrogen and oxygen atoms in total. The first-order chi connectivity index (χ1) is 10.9. The van der Waals surface area contributed by atoms with Gasteiger partial charge in [-0.3, -0.25) is 4.90 Å². The maximum absolute atomic E-state index is 5.44. The number of nitrogens with zero attached hydrogens (tertiary/aromatic N) is 1. The topological polar surface area (TPSA) is 40.3 Å². The maximum atomic E-state index is 5.44. The van der Waals surface area contributed by atoms with Crippen LogP contribution in [0.4, 0.5) is 0 Å². The van der Waals surface area contributed by atoms with Crippen LogP contribution in [0.2, 0.25) is 0 Å². The fourth-order valence-electron chi connectivity index (χ4n) is 3.96. The maximum Gasteiger partial charge on any atom is 0.119 e. The number of nitrogens with one attached hydrogen (secondary N) is 2. The number of aromatic amines is 1. The van der Waals surface area contributed by atoms with Gasteiger partial charge in [-0.15, -0.1) is 24.8 Å². The summed E-state index contributed by atoms with van der Waals surface area (Å²) >= 11 is 0. The molecule has 0 unspecified atom stereocenters. The highest BCUT2D eigenvalue weighted by Gasteiger charge is 2.34. The summed E-state index contributed by atoms with van der Waals surface area (Å²) in [5, 5.41) is 4.80. The minimum absolute atomic E-state index is 0. The van der Waals surface area contributed by atoms with Gasteiger partial charge in [0.2, 0.25) is 0 Å². The van der Waals surface area contributed by atoms with Crippen LogP contribution in [0, 0.1) is 5.92 Å². The Morgan fingerprint density at radius 3 is 2.54 bits per heavy atom. The van der Waals surface area contributed by atoms with E-state index >= 15 is 0 Å². The Morgan fingerprint density at radius 2 is 1.92 bits per heavy atom. The number of H-pyrrole nitrogens is 1. The first kappa shape index (κ1) is 19.4. The van der Waals surface area contributed by atoms with Crippen LogP contribution in [-0.2, 0) is 0 Å². The molecule has 1 aromatic heterocycles. The van der Waals surface area contributed by atoms with Crippen molar-refractivity contribution in [3.05, 3.63) is 30.0 Å². The van der Waals surface area contributed by atoms with Gasteiger partial charge in [-0.25, -0.2) is 0 Å². The largest absolute Gasteiger partial charge is 0.497 e. The third-order valence-electron chi connectivity index (χ3n) is 5.38. The third-order valence-corrected chi connectivity index (χ3v) is 5.38. The van der Waals surface area contributed by atoms with Gasteiger partial charge in [0.1, 0.15) is 5.75 Å². The highest BCUT2D eigenvalue weighted by Crippen LogP contribution is 2.43. The normalized spacial score (nSPS) is 19.9. The molecule has 0 bridgehead atoms. The number of fused-ring (bicyclic) bond motifs is 1. The van der Waals surface area contributed by atoms with Crippen LogP contribution in [0.25, 0.3) is 10.9 Å². The fraction of sp³-hybridized carbons (Fsp3) is 0.556. The highest BCUT2D eigenvalue weighted by atomic mass is 35.5. The van der Waals surface area contributed by atoms with E-state index in [-0.39, 0.29) is 24.8 Å². The summed E-state index contributed by atoms with van der Waals surface area (Å²) in [5.74, 6) is 1.75. The molecule has 6 heteroatoms. The number of methoxy groups -OCH3 is 1. The summed E-state index contributed by atoms with van der Waals surface area (Å²) in [7, 11) is 1.74. The van der Waals surface area contributed by atoms with Crippen LogP contribution in [0.1, 0.15) is 30.9 Å². The van der Waals surface area contributed by atoms with Crippen molar-refractivity contribution >= 4 is 35.7 Å². The Hall–Kier alpha value is -0.940. The Balaban J connectivity index is 0.00000104. The summed E-state index contributed by atoms with van der Waals surface area (Å²) in [6.07, 6.45) is 6.35. The minimum atomic E-state index is 0. The van der Waals surface area contributed by atoms with Gasteiger partial charge in [0.25, 0.3) is 0 Å². The van der Waals surface area contributed by atoms with Crippen molar-refractivity contribution < 1.29 is 4.74 Å². The summed E-state index contributed by atoms with van der Waals surface area (Å²) in [5.41, 5.74) is 2.68. The summed E-state index contributed by atoms with van der Waals surface area (Å²) in [6, 6.07) is 6.91. The summed E-state index contributed by atoms with van der Waals surface area (Å²) in [6.45, 7) is 4.51. The van der Waals surface area contributed by atoms with Gasteiger partial charge in [0, 0.05) is 49.3 Å². The first-order valence-corrected chi connectivity index (χ1v) is 8.46. The fourth-order valence-corrected chi connectivity index (χ4v) is 3.96. The average Bonchev–Trinajstić information content (AvgIpc) is 2.94.